The number of carbonyl (C=O) groups excluding carboxylic acids is 13. The predicted molar refractivity (Wildman–Crippen MR) is 370 cm³/mol. The number of nitrogens with one attached hydrogen (secondary N) is 9. The number of aromatic hydroxyl groups is 1. The van der Waals surface area contributed by atoms with Crippen molar-refractivity contribution in [3.8, 4) is 5.75 Å². The number of nitrogens with two attached hydrogens (primary N) is 5. The van der Waals surface area contributed by atoms with Crippen LogP contribution in [0, 0.1) is 11.8 Å². The van der Waals surface area contributed by atoms with Crippen molar-refractivity contribution in [2.45, 2.75) is 216 Å². The van der Waals surface area contributed by atoms with Crippen molar-refractivity contribution in [2.24, 2.45) is 45.5 Å². The third-order valence-corrected chi connectivity index (χ3v) is 17.6. The summed E-state index contributed by atoms with van der Waals surface area (Å²) >= 11 is 0. The molecule has 0 aromatic heterocycles. The first-order chi connectivity index (χ1) is 49.1. The lowest BCUT2D eigenvalue weighted by atomic mass is 10.0. The van der Waals surface area contributed by atoms with E-state index in [4.69, 9.17) is 28.7 Å². The molecule has 104 heavy (non-hydrogen) atoms. The highest BCUT2D eigenvalue weighted by atomic mass is 16.4. The van der Waals surface area contributed by atoms with Gasteiger partial charge in [-0.3, -0.25) is 76.9 Å². The van der Waals surface area contributed by atoms with Gasteiger partial charge in [0.15, 0.2) is 5.96 Å². The van der Waals surface area contributed by atoms with Crippen molar-refractivity contribution in [1.29, 1.82) is 0 Å². The quantitative estimate of drug-likeness (QED) is 0.0165. The number of aliphatic imine (C=N–C) groups is 1. The van der Waals surface area contributed by atoms with Crippen LogP contribution in [-0.4, -0.2) is 248 Å². The number of carboxylic acids is 3. The predicted octanol–water partition coefficient (Wildman–Crippen LogP) is -5.17. The van der Waals surface area contributed by atoms with Crippen molar-refractivity contribution < 1.29 is 97.1 Å². The molecule has 0 bridgehead atoms. The Kier molecular flexibility index (Phi) is 35.6. The summed E-state index contributed by atoms with van der Waals surface area (Å²) in [5.41, 5.74) is 28.5. The zero-order valence-corrected chi connectivity index (χ0v) is 59.2. The molecule has 0 radical (unpaired) electrons. The van der Waals surface area contributed by atoms with Crippen LogP contribution in [0.4, 0.5) is 0 Å². The number of hydrogen-bond donors (Lipinski definition) is 18. The van der Waals surface area contributed by atoms with Crippen LogP contribution in [0.2, 0.25) is 0 Å². The van der Waals surface area contributed by atoms with Crippen LogP contribution in [0.25, 0.3) is 0 Å². The maximum atomic E-state index is 14.4. The molecule has 578 valence electrons. The number of likely N-dealkylation sites (tertiary alicyclic amines) is 3. The average molecular weight is 1470 g/mol. The number of phenols is 1. The number of rotatable bonds is 44. The summed E-state index contributed by atoms with van der Waals surface area (Å²) in [4.78, 5) is 223. The molecular formula is C66H104N18O20. The van der Waals surface area contributed by atoms with Crippen molar-refractivity contribution in [3.05, 3.63) is 29.8 Å². The second kappa shape index (κ2) is 43.0. The van der Waals surface area contributed by atoms with Crippen LogP contribution >= 0.6 is 0 Å². The van der Waals surface area contributed by atoms with Crippen LogP contribution in [0.15, 0.2) is 29.3 Å². The van der Waals surface area contributed by atoms with Crippen molar-refractivity contribution in [1.82, 2.24) is 62.6 Å². The molecule has 3 saturated heterocycles. The highest BCUT2D eigenvalue weighted by Gasteiger charge is 2.43. The SMILES string of the molecule is CC(C)C[C@H](NC(=O)[C@@H]1CCCN1C(=O)[C@H](CC(=O)O)NC(=O)[C@@H]1CCCN1C(=O)CNC(=O)[C@H](CCCCN)NC(=O)[C@H](CCC(=O)O)NC(=O)[C@H](CCCN=C(N)N)NC(=O)[C@@H]1CCCN1C(=O)CNC(=O)[C@@H](N)CC(C)C)C(=O)N[C@@H](CCC(N)=O)C(=O)N[C@@H](Cc1ccc(O)cc1)C(=O)O. The molecule has 3 aliphatic rings. The fourth-order valence-corrected chi connectivity index (χ4v) is 12.2. The molecule has 0 aliphatic carbocycles. The highest BCUT2D eigenvalue weighted by Crippen LogP contribution is 2.24. The van der Waals surface area contributed by atoms with Gasteiger partial charge in [-0.25, -0.2) is 4.79 Å². The molecule has 11 atom stereocenters. The Balaban J connectivity index is 1.47. The van der Waals surface area contributed by atoms with Crippen molar-refractivity contribution >= 4 is 101 Å². The number of carboxylic acid groups (broad SMARTS) is 3. The number of guanidine groups is 1. The van der Waals surface area contributed by atoms with Gasteiger partial charge in [0.1, 0.15) is 66.2 Å². The number of aliphatic carboxylic acids is 3. The minimum absolute atomic E-state index is 0.00881. The van der Waals surface area contributed by atoms with E-state index in [9.17, 15) is 97.1 Å². The van der Waals surface area contributed by atoms with Gasteiger partial charge in [0.25, 0.3) is 0 Å². The van der Waals surface area contributed by atoms with E-state index in [0.717, 1.165) is 9.80 Å². The molecule has 0 saturated carbocycles. The first-order valence-electron chi connectivity index (χ1n) is 34.9. The van der Waals surface area contributed by atoms with E-state index in [0.29, 0.717) is 24.8 Å². The third kappa shape index (κ3) is 28.9. The Hall–Kier alpha value is -10.3. The second-order valence-corrected chi connectivity index (χ2v) is 26.9. The van der Waals surface area contributed by atoms with Crippen LogP contribution in [0.3, 0.4) is 0 Å². The normalized spacial score (nSPS) is 17.8. The Labute approximate surface area is 601 Å². The lowest BCUT2D eigenvalue weighted by Gasteiger charge is -2.31. The largest absolute Gasteiger partial charge is 0.508 e. The van der Waals surface area contributed by atoms with E-state index in [2.05, 4.69) is 52.8 Å². The topological polar surface area (TPSA) is 614 Å². The number of hydrogen-bond acceptors (Lipinski definition) is 20. The van der Waals surface area contributed by atoms with Gasteiger partial charge in [-0.05, 0) is 132 Å². The number of unbranched alkanes of at least 4 members (excludes halogenated alkanes) is 1. The van der Waals surface area contributed by atoms with Gasteiger partial charge >= 0.3 is 17.9 Å². The van der Waals surface area contributed by atoms with E-state index in [-0.39, 0.29) is 133 Å². The molecule has 38 nitrogen and oxygen atoms in total. The van der Waals surface area contributed by atoms with Crippen LogP contribution in [0.1, 0.15) is 149 Å². The fraction of sp³-hybridized carbons (Fsp3) is 0.652. The van der Waals surface area contributed by atoms with E-state index >= 15 is 0 Å². The molecule has 38 heteroatoms. The van der Waals surface area contributed by atoms with E-state index in [1.165, 1.54) is 29.2 Å². The van der Waals surface area contributed by atoms with Gasteiger partial charge in [0, 0.05) is 45.4 Å². The summed E-state index contributed by atoms with van der Waals surface area (Å²) in [6.07, 6.45) is -1.47. The van der Waals surface area contributed by atoms with E-state index in [1.54, 1.807) is 13.8 Å². The summed E-state index contributed by atoms with van der Waals surface area (Å²) in [5, 5.41) is 61.8. The van der Waals surface area contributed by atoms with Gasteiger partial charge < -0.3 is 112 Å². The molecule has 1 aromatic rings. The van der Waals surface area contributed by atoms with Gasteiger partial charge in [-0.1, -0.05) is 39.8 Å². The summed E-state index contributed by atoms with van der Waals surface area (Å²) in [7, 11) is 0. The molecule has 4 rings (SSSR count). The van der Waals surface area contributed by atoms with Gasteiger partial charge in [0.2, 0.25) is 76.8 Å². The first kappa shape index (κ1) is 86.1. The molecule has 0 unspecified atom stereocenters. The molecule has 3 fully saturated rings. The lowest BCUT2D eigenvalue weighted by molar-refractivity contribution is -0.147. The maximum absolute atomic E-state index is 14.4. The number of phenolic OH excluding ortho intramolecular Hbond substituents is 1. The second-order valence-electron chi connectivity index (χ2n) is 26.9. The number of primary amides is 1. The monoisotopic (exact) mass is 1470 g/mol. The molecule has 3 heterocycles. The zero-order valence-electron chi connectivity index (χ0n) is 59.2. The number of benzene rings is 1. The van der Waals surface area contributed by atoms with Crippen molar-refractivity contribution in [3.63, 3.8) is 0 Å². The van der Waals surface area contributed by atoms with Crippen LogP contribution in [-0.2, 0) is 83.1 Å². The lowest BCUT2D eigenvalue weighted by Crippen LogP contribution is -2.59. The standard InChI is InChI=1S/C66H104N18O20/c1-35(2)29-39(68)55(93)73-33-51(87)82-26-8-13-47(82)61(99)78-41(12-7-25-72-66(70)71)57(95)76-43(21-23-53(89)90)58(96)75-40(11-5-6-24-67)56(94)74-34-52(88)83-27-9-14-48(83)62(100)80-45(32-54(91)92)64(102)84-28-10-15-49(84)63(101)79-44(30-36(3)4)60(98)77-42(20-22-50(69)86)59(97)81-46(65(103)104)31-37-16-18-38(85)19-17-37/h16-19,35-36,39-49,85H,5-15,20-34,67-68H2,1-4H3,(H2,69,86)(H,73,93)(H,74,94)(H,75,96)(H,76,95)(H,77,98)(H,78,99)(H,79,101)(H,80,100)(H,81,97)(H,89,90)(H,91,92)(H,103,104)(H4,70,71,72)/t39-,40-,41-,42-,43-,44-,45-,46-,47-,48-,49-/m0/s1. The maximum Gasteiger partial charge on any atom is 0.326 e. The van der Waals surface area contributed by atoms with Crippen molar-refractivity contribution in [2.75, 3.05) is 45.8 Å². The Morgan fingerprint density at radius 2 is 0.933 bits per heavy atom. The van der Waals surface area contributed by atoms with E-state index in [1.807, 2.05) is 13.8 Å². The molecule has 1 aromatic carbocycles. The highest BCUT2D eigenvalue weighted by molar-refractivity contribution is 6.00. The molecule has 3 aliphatic heterocycles. The fourth-order valence-electron chi connectivity index (χ4n) is 12.2. The first-order valence-corrected chi connectivity index (χ1v) is 34.9. The molecule has 0 spiro atoms. The Morgan fingerprint density at radius 1 is 0.500 bits per heavy atom. The zero-order chi connectivity index (χ0) is 77.5. The smallest absolute Gasteiger partial charge is 0.326 e. The Bertz CT molecular complexity index is 3240. The summed E-state index contributed by atoms with van der Waals surface area (Å²) in [6, 6.07) is -9.95. The van der Waals surface area contributed by atoms with Gasteiger partial charge in [-0.15, -0.1) is 0 Å². The average Bonchev–Trinajstić information content (AvgIpc) is 1.56. The minimum atomic E-state index is -1.82. The molecular weight excluding hydrogens is 1360 g/mol. The van der Waals surface area contributed by atoms with Gasteiger partial charge in [0.05, 0.1) is 25.6 Å². The summed E-state index contributed by atoms with van der Waals surface area (Å²) in [6.45, 7) is 6.09. The summed E-state index contributed by atoms with van der Waals surface area (Å²) in [5.74, 6) is -16.2. The Morgan fingerprint density at radius 3 is 1.40 bits per heavy atom. The third-order valence-electron chi connectivity index (χ3n) is 17.6. The number of carbonyl (C=O) groups is 16. The minimum Gasteiger partial charge on any atom is -0.508 e. The number of amides is 13. The summed E-state index contributed by atoms with van der Waals surface area (Å²) < 4.78 is 0. The van der Waals surface area contributed by atoms with Gasteiger partial charge in [-0.2, -0.15) is 0 Å². The number of nitrogens with zero attached hydrogens (tertiary/aromatic N) is 4. The van der Waals surface area contributed by atoms with E-state index < -0.39 is 200 Å². The molecule has 23 N–H and O–H groups in total. The van der Waals surface area contributed by atoms with Crippen LogP contribution in [0.5, 0.6) is 5.75 Å². The van der Waals surface area contributed by atoms with Crippen LogP contribution < -0.4 is 76.5 Å². The molecule has 13 amide bonds.